The maximum Gasteiger partial charge on any atom is 0.0756 e. The first-order valence-electron chi connectivity index (χ1n) is 3.44. The number of hydrogen-bond donors (Lipinski definition) is 0. The zero-order valence-corrected chi connectivity index (χ0v) is 10.5. The van der Waals surface area contributed by atoms with Gasteiger partial charge >= 0.3 is 0 Å². The Hall–Kier alpha value is 0.917. The van der Waals surface area contributed by atoms with Crippen LogP contribution in [0.3, 0.4) is 0 Å². The third-order valence-electron chi connectivity index (χ3n) is 1.82. The summed E-state index contributed by atoms with van der Waals surface area (Å²) in [6.07, 6.45) is 0. The number of alkyl halides is 2. The molecule has 0 saturated heterocycles. The van der Waals surface area contributed by atoms with Crippen molar-refractivity contribution in [2.24, 2.45) is 0 Å². The van der Waals surface area contributed by atoms with E-state index in [0.717, 1.165) is 10.7 Å². The molecule has 3 heteroatoms. The highest BCUT2D eigenvalue weighted by Gasteiger charge is 2.20. The van der Waals surface area contributed by atoms with Crippen molar-refractivity contribution in [2.75, 3.05) is 10.7 Å². The highest BCUT2D eigenvalue weighted by molar-refractivity contribution is 9.09. The molecule has 60 valence electrons. The average molecular weight is 286 g/mol. The predicted octanol–water partition coefficient (Wildman–Crippen LogP) is 3.58. The second kappa shape index (κ2) is 5.55. The van der Waals surface area contributed by atoms with Gasteiger partial charge < -0.3 is 0 Å². The van der Waals surface area contributed by atoms with Crippen molar-refractivity contribution >= 4 is 39.9 Å². The lowest BCUT2D eigenvalue weighted by Gasteiger charge is -2.20. The van der Waals surface area contributed by atoms with Crippen LogP contribution in [0.15, 0.2) is 12.3 Å². The van der Waals surface area contributed by atoms with Gasteiger partial charge in [0.1, 0.15) is 0 Å². The molecule has 0 N–H and O–H groups in total. The first kappa shape index (κ1) is 10.9. The topological polar surface area (TPSA) is 0 Å². The van der Waals surface area contributed by atoms with Crippen LogP contribution in [0.4, 0.5) is 0 Å². The molecule has 10 heavy (non-hydrogen) atoms. The third-order valence-corrected chi connectivity index (χ3v) is 7.85. The zero-order valence-electron chi connectivity index (χ0n) is 6.37. The quantitative estimate of drug-likeness (QED) is 0.535. The van der Waals surface area contributed by atoms with Gasteiger partial charge in [-0.2, -0.15) is 0 Å². The van der Waals surface area contributed by atoms with E-state index in [1.807, 2.05) is 0 Å². The van der Waals surface area contributed by atoms with E-state index >= 15 is 0 Å². The van der Waals surface area contributed by atoms with Crippen LogP contribution < -0.4 is 0 Å². The molecule has 0 aromatic rings. The Morgan fingerprint density at radius 1 is 1.30 bits per heavy atom. The lowest BCUT2D eigenvalue weighted by molar-refractivity contribution is 1.31. The van der Waals surface area contributed by atoms with Crippen molar-refractivity contribution < 1.29 is 0 Å². The Balaban J connectivity index is 3.81. The van der Waals surface area contributed by atoms with Gasteiger partial charge in [0.05, 0.1) is 8.07 Å². The molecule has 0 rings (SSSR count). The van der Waals surface area contributed by atoms with Gasteiger partial charge in [0.15, 0.2) is 0 Å². The third kappa shape index (κ3) is 3.94. The minimum atomic E-state index is -1.05. The van der Waals surface area contributed by atoms with Gasteiger partial charge in [-0.25, -0.2) is 0 Å². The minimum Gasteiger partial charge on any atom is -0.107 e. The van der Waals surface area contributed by atoms with Crippen LogP contribution >= 0.6 is 31.9 Å². The maximum atomic E-state index is 3.89. The molecule has 0 aliphatic heterocycles. The summed E-state index contributed by atoms with van der Waals surface area (Å²) in [5.74, 6) is 0. The van der Waals surface area contributed by atoms with Crippen LogP contribution in [0.25, 0.3) is 0 Å². The van der Waals surface area contributed by atoms with E-state index in [0.29, 0.717) is 0 Å². The molecule has 0 saturated carbocycles. The summed E-state index contributed by atoms with van der Waals surface area (Å²) in [6, 6.07) is 2.62. The molecule has 0 amide bonds. The van der Waals surface area contributed by atoms with Crippen LogP contribution in [0.2, 0.25) is 18.6 Å². The number of hydrogen-bond acceptors (Lipinski definition) is 0. The van der Waals surface area contributed by atoms with Crippen molar-refractivity contribution in [1.82, 2.24) is 0 Å². The molecule has 0 aromatic heterocycles. The smallest absolute Gasteiger partial charge is 0.0756 e. The molecule has 0 unspecified atom stereocenters. The molecule has 0 aliphatic carbocycles. The molecule has 0 bridgehead atoms. The second-order valence-electron chi connectivity index (χ2n) is 2.74. The molecular weight excluding hydrogens is 272 g/mol. The van der Waals surface area contributed by atoms with E-state index in [9.17, 15) is 0 Å². The Morgan fingerprint density at radius 3 is 1.90 bits per heavy atom. The lowest BCUT2D eigenvalue weighted by Crippen LogP contribution is -2.27. The van der Waals surface area contributed by atoms with Crippen molar-refractivity contribution in [3.05, 3.63) is 12.3 Å². The Kier molecular flexibility index (Phi) is 6.06. The molecule has 0 aliphatic rings. The van der Waals surface area contributed by atoms with Crippen molar-refractivity contribution in [3.8, 4) is 0 Å². The Bertz CT molecular complexity index is 97.8. The van der Waals surface area contributed by atoms with Crippen LogP contribution in [-0.2, 0) is 0 Å². The largest absolute Gasteiger partial charge is 0.107 e. The average Bonchev–Trinajstić information content (AvgIpc) is 1.89. The molecular formula is C7H14Br2Si. The van der Waals surface area contributed by atoms with Crippen molar-refractivity contribution in [2.45, 2.75) is 18.6 Å². The van der Waals surface area contributed by atoms with E-state index < -0.39 is 8.07 Å². The molecule has 0 radical (unpaired) electrons. The summed E-state index contributed by atoms with van der Waals surface area (Å²) in [5.41, 5.74) is 2.19. The molecule has 0 fully saturated rings. The second-order valence-corrected chi connectivity index (χ2v) is 9.04. The summed E-state index contributed by atoms with van der Waals surface area (Å²) >= 11 is 6.94. The zero-order chi connectivity index (χ0) is 8.04. The van der Waals surface area contributed by atoms with Crippen LogP contribution in [0, 0.1) is 0 Å². The summed E-state index contributed by atoms with van der Waals surface area (Å²) in [4.78, 5) is 0. The van der Waals surface area contributed by atoms with E-state index in [1.165, 1.54) is 12.1 Å². The van der Waals surface area contributed by atoms with Crippen LogP contribution in [0.5, 0.6) is 0 Å². The fourth-order valence-corrected chi connectivity index (χ4v) is 7.72. The summed E-state index contributed by atoms with van der Waals surface area (Å²) in [5, 5.41) is 2.24. The fourth-order valence-electron chi connectivity index (χ4n) is 0.761. The number of halogens is 2. The van der Waals surface area contributed by atoms with Crippen molar-refractivity contribution in [1.29, 1.82) is 0 Å². The predicted molar refractivity (Wildman–Crippen MR) is 59.0 cm³/mol. The van der Waals surface area contributed by atoms with Gasteiger partial charge in [0.25, 0.3) is 0 Å². The van der Waals surface area contributed by atoms with E-state index in [2.05, 4.69) is 50.7 Å². The van der Waals surface area contributed by atoms with Crippen LogP contribution in [0.1, 0.15) is 0 Å². The Labute approximate surface area is 81.4 Å². The first-order chi connectivity index (χ1) is 4.68. The summed E-state index contributed by atoms with van der Waals surface area (Å²) in [6.45, 7) is 6.27. The maximum absolute atomic E-state index is 3.89. The molecule has 0 heterocycles. The highest BCUT2D eigenvalue weighted by Crippen LogP contribution is 2.18. The lowest BCUT2D eigenvalue weighted by atomic mass is 10.9. The fraction of sp³-hybridized carbons (Fsp3) is 0.714. The van der Waals surface area contributed by atoms with Gasteiger partial charge in [0, 0.05) is 10.7 Å². The first-order valence-corrected chi connectivity index (χ1v) is 8.67. The summed E-state index contributed by atoms with van der Waals surface area (Å²) in [7, 11) is -1.05. The minimum absolute atomic E-state index is 1.05. The van der Waals surface area contributed by atoms with Gasteiger partial charge in [0.2, 0.25) is 0 Å². The van der Waals surface area contributed by atoms with Gasteiger partial charge in [-0.3, -0.25) is 0 Å². The molecule has 0 spiro atoms. The molecule has 0 nitrogen and oxygen atoms in total. The SMILES string of the molecule is C=C[Si](C)(CCBr)CCBr. The van der Waals surface area contributed by atoms with E-state index in [1.54, 1.807) is 0 Å². The number of rotatable bonds is 5. The van der Waals surface area contributed by atoms with Crippen LogP contribution in [-0.4, -0.2) is 18.7 Å². The van der Waals surface area contributed by atoms with Gasteiger partial charge in [-0.1, -0.05) is 38.4 Å². The normalized spacial score (nSPS) is 11.5. The van der Waals surface area contributed by atoms with E-state index in [-0.39, 0.29) is 0 Å². The molecule has 0 atom stereocenters. The standard InChI is InChI=1S/C7H14Br2Si/c1-3-10(2,6-4-8)7-5-9/h3H,1,4-7H2,2H3. The van der Waals surface area contributed by atoms with Gasteiger partial charge in [-0.05, 0) is 12.1 Å². The summed E-state index contributed by atoms with van der Waals surface area (Å²) < 4.78 is 0. The van der Waals surface area contributed by atoms with Gasteiger partial charge in [-0.15, -0.1) is 12.3 Å². The van der Waals surface area contributed by atoms with E-state index in [4.69, 9.17) is 0 Å². The van der Waals surface area contributed by atoms with Crippen molar-refractivity contribution in [3.63, 3.8) is 0 Å². The highest BCUT2D eigenvalue weighted by atomic mass is 79.9. The monoisotopic (exact) mass is 284 g/mol. The Morgan fingerprint density at radius 2 is 1.70 bits per heavy atom. The molecule has 0 aromatic carbocycles.